The Balaban J connectivity index is 1.42. The standard InChI is InChI=1S/C22H19NO4S/c1-13-6-5-8-17(14(13)2)23-20(24)12-27-22(25)19-10-15-11-26-18-9-4-3-7-16(18)21(15)28-19/h3-10H,11-12H2,1-2H3,(H,23,24). The third-order valence-electron chi connectivity index (χ3n) is 4.74. The van der Waals surface area contributed by atoms with Crippen molar-refractivity contribution in [2.24, 2.45) is 0 Å². The van der Waals surface area contributed by atoms with Crippen molar-refractivity contribution < 1.29 is 19.1 Å². The van der Waals surface area contributed by atoms with E-state index in [1.54, 1.807) is 6.07 Å². The number of benzene rings is 2. The number of carbonyl (C=O) groups excluding carboxylic acids is 2. The molecule has 28 heavy (non-hydrogen) atoms. The molecule has 1 aromatic heterocycles. The lowest BCUT2D eigenvalue weighted by Crippen LogP contribution is -2.21. The van der Waals surface area contributed by atoms with E-state index in [2.05, 4.69) is 5.32 Å². The normalized spacial score (nSPS) is 11.8. The van der Waals surface area contributed by atoms with Gasteiger partial charge in [0.2, 0.25) is 0 Å². The van der Waals surface area contributed by atoms with Crippen molar-refractivity contribution >= 4 is 28.9 Å². The van der Waals surface area contributed by atoms with Crippen molar-refractivity contribution in [3.8, 4) is 16.2 Å². The number of aryl methyl sites for hydroxylation is 1. The van der Waals surface area contributed by atoms with E-state index < -0.39 is 5.97 Å². The van der Waals surface area contributed by atoms with E-state index in [1.807, 2.05) is 56.3 Å². The zero-order chi connectivity index (χ0) is 19.7. The second kappa shape index (κ2) is 7.48. The Morgan fingerprint density at radius 1 is 1.14 bits per heavy atom. The molecule has 6 heteroatoms. The maximum absolute atomic E-state index is 12.4. The number of nitrogens with one attached hydrogen (secondary N) is 1. The van der Waals surface area contributed by atoms with Crippen LogP contribution in [0.4, 0.5) is 5.69 Å². The van der Waals surface area contributed by atoms with E-state index in [1.165, 1.54) is 11.3 Å². The summed E-state index contributed by atoms with van der Waals surface area (Å²) in [4.78, 5) is 26.1. The molecule has 0 unspecified atom stereocenters. The molecule has 0 spiro atoms. The fraction of sp³-hybridized carbons (Fsp3) is 0.182. The average Bonchev–Trinajstić information content (AvgIpc) is 3.15. The first-order chi connectivity index (χ1) is 13.5. The van der Waals surface area contributed by atoms with Gasteiger partial charge in [0.05, 0.1) is 0 Å². The van der Waals surface area contributed by atoms with Crippen LogP contribution < -0.4 is 10.1 Å². The highest BCUT2D eigenvalue weighted by atomic mass is 32.1. The van der Waals surface area contributed by atoms with Gasteiger partial charge < -0.3 is 14.8 Å². The van der Waals surface area contributed by atoms with Crippen LogP contribution in [0.25, 0.3) is 10.4 Å². The number of ether oxygens (including phenoxy) is 2. The van der Waals surface area contributed by atoms with Crippen molar-refractivity contribution in [2.45, 2.75) is 20.5 Å². The molecule has 0 saturated carbocycles. The molecule has 1 amide bonds. The average molecular weight is 393 g/mol. The second-order valence-corrected chi connectivity index (χ2v) is 7.67. The van der Waals surface area contributed by atoms with Gasteiger partial charge in [-0.05, 0) is 49.2 Å². The number of amides is 1. The number of carbonyl (C=O) groups is 2. The minimum atomic E-state index is -0.506. The molecule has 1 aliphatic rings. The van der Waals surface area contributed by atoms with Crippen LogP contribution in [0.15, 0.2) is 48.5 Å². The number of fused-ring (bicyclic) bond motifs is 3. The lowest BCUT2D eigenvalue weighted by atomic mass is 10.1. The fourth-order valence-electron chi connectivity index (χ4n) is 3.08. The highest BCUT2D eigenvalue weighted by molar-refractivity contribution is 7.17. The summed E-state index contributed by atoms with van der Waals surface area (Å²) in [5, 5.41) is 2.79. The van der Waals surface area contributed by atoms with E-state index in [0.29, 0.717) is 11.5 Å². The molecule has 2 heterocycles. The zero-order valence-corrected chi connectivity index (χ0v) is 16.4. The number of hydrogen-bond donors (Lipinski definition) is 1. The molecule has 0 fully saturated rings. The summed E-state index contributed by atoms with van der Waals surface area (Å²) in [6.07, 6.45) is 0. The summed E-state index contributed by atoms with van der Waals surface area (Å²) >= 11 is 1.36. The number of rotatable bonds is 4. The second-order valence-electron chi connectivity index (χ2n) is 6.62. The van der Waals surface area contributed by atoms with E-state index in [0.717, 1.165) is 38.6 Å². The predicted molar refractivity (Wildman–Crippen MR) is 109 cm³/mol. The maximum atomic E-state index is 12.4. The SMILES string of the molecule is Cc1cccc(NC(=O)COC(=O)c2cc3c(s2)-c2ccccc2OC3)c1C. The van der Waals surface area contributed by atoms with Crippen LogP contribution in [0, 0.1) is 13.8 Å². The Bertz CT molecular complexity index is 1070. The molecule has 0 saturated heterocycles. The lowest BCUT2D eigenvalue weighted by molar-refractivity contribution is -0.119. The third-order valence-corrected chi connectivity index (χ3v) is 5.93. The molecular weight excluding hydrogens is 374 g/mol. The lowest BCUT2D eigenvalue weighted by Gasteiger charge is -2.16. The van der Waals surface area contributed by atoms with Crippen LogP contribution >= 0.6 is 11.3 Å². The van der Waals surface area contributed by atoms with Gasteiger partial charge in [-0.25, -0.2) is 4.79 Å². The van der Waals surface area contributed by atoms with E-state index in [9.17, 15) is 9.59 Å². The number of anilines is 1. The first-order valence-electron chi connectivity index (χ1n) is 8.91. The quantitative estimate of drug-likeness (QED) is 0.652. The van der Waals surface area contributed by atoms with E-state index in [-0.39, 0.29) is 12.5 Å². The van der Waals surface area contributed by atoms with Crippen LogP contribution in [0.5, 0.6) is 5.75 Å². The highest BCUT2D eigenvalue weighted by Gasteiger charge is 2.23. The largest absolute Gasteiger partial charge is 0.488 e. The van der Waals surface area contributed by atoms with Crippen molar-refractivity contribution in [1.29, 1.82) is 0 Å². The summed E-state index contributed by atoms with van der Waals surface area (Å²) in [6.45, 7) is 4.00. The summed E-state index contributed by atoms with van der Waals surface area (Å²) < 4.78 is 10.9. The minimum Gasteiger partial charge on any atom is -0.488 e. The first kappa shape index (κ1) is 18.3. The van der Waals surface area contributed by atoms with Crippen LogP contribution in [-0.2, 0) is 16.1 Å². The zero-order valence-electron chi connectivity index (χ0n) is 15.6. The Hall–Kier alpha value is -3.12. The van der Waals surface area contributed by atoms with Gasteiger partial charge in [0, 0.05) is 21.7 Å². The van der Waals surface area contributed by atoms with Gasteiger partial charge in [-0.2, -0.15) is 0 Å². The van der Waals surface area contributed by atoms with Gasteiger partial charge in [0.1, 0.15) is 17.2 Å². The Morgan fingerprint density at radius 2 is 1.96 bits per heavy atom. The Morgan fingerprint density at radius 3 is 2.82 bits per heavy atom. The van der Waals surface area contributed by atoms with Crippen LogP contribution in [0.3, 0.4) is 0 Å². The van der Waals surface area contributed by atoms with E-state index in [4.69, 9.17) is 9.47 Å². The van der Waals surface area contributed by atoms with Gasteiger partial charge >= 0.3 is 5.97 Å². The fourth-order valence-corrected chi connectivity index (χ4v) is 4.17. The summed E-state index contributed by atoms with van der Waals surface area (Å²) in [5.41, 5.74) is 4.73. The molecule has 1 N–H and O–H groups in total. The molecule has 2 aromatic carbocycles. The van der Waals surface area contributed by atoms with Crippen molar-refractivity contribution in [3.05, 3.63) is 70.1 Å². The Labute approximate surface area is 166 Å². The van der Waals surface area contributed by atoms with Gasteiger partial charge in [-0.3, -0.25) is 4.79 Å². The van der Waals surface area contributed by atoms with Gasteiger partial charge in [-0.15, -0.1) is 11.3 Å². The first-order valence-corrected chi connectivity index (χ1v) is 9.72. The number of thiophene rings is 1. The molecule has 5 nitrogen and oxygen atoms in total. The number of para-hydroxylation sites is 1. The molecule has 0 bridgehead atoms. The summed E-state index contributed by atoms with van der Waals surface area (Å²) in [5.74, 6) is -0.0605. The van der Waals surface area contributed by atoms with E-state index >= 15 is 0 Å². The van der Waals surface area contributed by atoms with Crippen LogP contribution in [-0.4, -0.2) is 18.5 Å². The van der Waals surface area contributed by atoms with Crippen LogP contribution in [0.2, 0.25) is 0 Å². The topological polar surface area (TPSA) is 64.6 Å². The van der Waals surface area contributed by atoms with Gasteiger partial charge in [0.15, 0.2) is 6.61 Å². The monoisotopic (exact) mass is 393 g/mol. The highest BCUT2D eigenvalue weighted by Crippen LogP contribution is 2.42. The molecule has 142 valence electrons. The number of hydrogen-bond acceptors (Lipinski definition) is 5. The minimum absolute atomic E-state index is 0.331. The molecule has 1 aliphatic heterocycles. The van der Waals surface area contributed by atoms with Crippen molar-refractivity contribution in [2.75, 3.05) is 11.9 Å². The molecule has 0 atom stereocenters. The van der Waals surface area contributed by atoms with Gasteiger partial charge in [0.25, 0.3) is 5.91 Å². The Kier molecular flexibility index (Phi) is 4.88. The predicted octanol–water partition coefficient (Wildman–Crippen LogP) is 4.72. The molecular formula is C22H19NO4S. The van der Waals surface area contributed by atoms with Crippen molar-refractivity contribution in [3.63, 3.8) is 0 Å². The molecule has 3 aromatic rings. The smallest absolute Gasteiger partial charge is 0.348 e. The summed E-state index contributed by atoms with van der Waals surface area (Å²) in [6, 6.07) is 15.2. The summed E-state index contributed by atoms with van der Waals surface area (Å²) in [7, 11) is 0. The maximum Gasteiger partial charge on any atom is 0.348 e. The third kappa shape index (κ3) is 3.51. The number of esters is 1. The molecule has 0 radical (unpaired) electrons. The van der Waals surface area contributed by atoms with Gasteiger partial charge in [-0.1, -0.05) is 24.3 Å². The van der Waals surface area contributed by atoms with Crippen molar-refractivity contribution in [1.82, 2.24) is 0 Å². The molecule has 0 aliphatic carbocycles. The molecule has 4 rings (SSSR count). The van der Waals surface area contributed by atoms with Crippen LogP contribution in [0.1, 0.15) is 26.4 Å².